The summed E-state index contributed by atoms with van der Waals surface area (Å²) in [5.74, 6) is -2.53. The van der Waals surface area contributed by atoms with Gasteiger partial charge in [-0.3, -0.25) is 4.79 Å². The molecule has 0 saturated heterocycles. The first-order valence-electron chi connectivity index (χ1n) is 4.55. The molecule has 1 rings (SSSR count). The summed E-state index contributed by atoms with van der Waals surface area (Å²) in [5.41, 5.74) is -1.33. The second-order valence-electron chi connectivity index (χ2n) is 3.24. The van der Waals surface area contributed by atoms with E-state index in [9.17, 15) is 26.7 Å². The Morgan fingerprint density at radius 3 is 2.47 bits per heavy atom. The van der Waals surface area contributed by atoms with Crippen LogP contribution in [0.4, 0.5) is 22.0 Å². The van der Waals surface area contributed by atoms with E-state index in [2.05, 4.69) is 9.72 Å². The highest BCUT2D eigenvalue weighted by molar-refractivity contribution is 14.1. The number of aliphatic carboxylic acids is 1. The van der Waals surface area contributed by atoms with Gasteiger partial charge in [0.2, 0.25) is 0 Å². The summed E-state index contributed by atoms with van der Waals surface area (Å²) >= 11 is 1.46. The lowest BCUT2D eigenvalue weighted by Gasteiger charge is -2.14. The van der Waals surface area contributed by atoms with E-state index >= 15 is 0 Å². The van der Waals surface area contributed by atoms with Gasteiger partial charge in [-0.2, -0.15) is 0 Å². The van der Waals surface area contributed by atoms with E-state index in [1.807, 2.05) is 0 Å². The van der Waals surface area contributed by atoms with Gasteiger partial charge in [-0.15, -0.1) is 13.2 Å². The van der Waals surface area contributed by atoms with Crippen molar-refractivity contribution < 1.29 is 36.6 Å². The molecular weight excluding hydrogens is 392 g/mol. The number of carbonyl (C=O) groups is 1. The molecule has 4 nitrogen and oxygen atoms in total. The quantitative estimate of drug-likeness (QED) is 0.482. The normalized spacial score (nSPS) is 11.7. The van der Waals surface area contributed by atoms with Gasteiger partial charge in [0.1, 0.15) is 9.39 Å². The highest BCUT2D eigenvalue weighted by Gasteiger charge is 2.34. The first kappa shape index (κ1) is 15.9. The summed E-state index contributed by atoms with van der Waals surface area (Å²) in [7, 11) is 0. The molecule has 0 saturated carbocycles. The van der Waals surface area contributed by atoms with E-state index in [0.717, 1.165) is 0 Å². The fourth-order valence-corrected chi connectivity index (χ4v) is 1.78. The minimum Gasteiger partial charge on any atom is -0.481 e. The molecule has 0 spiro atoms. The molecule has 0 aliphatic rings. The van der Waals surface area contributed by atoms with Crippen LogP contribution in [0, 0.1) is 3.70 Å². The van der Waals surface area contributed by atoms with E-state index in [1.165, 1.54) is 22.6 Å². The minimum atomic E-state index is -5.17. The van der Waals surface area contributed by atoms with Crippen LogP contribution in [0.15, 0.2) is 6.07 Å². The van der Waals surface area contributed by atoms with Crippen molar-refractivity contribution >= 4 is 28.6 Å². The summed E-state index contributed by atoms with van der Waals surface area (Å²) < 4.78 is 64.6. The summed E-state index contributed by atoms with van der Waals surface area (Å²) in [6.07, 6.45) is -9.09. The van der Waals surface area contributed by atoms with Crippen LogP contribution < -0.4 is 4.74 Å². The summed E-state index contributed by atoms with van der Waals surface area (Å²) in [6.45, 7) is 0. The second kappa shape index (κ2) is 5.84. The average Bonchev–Trinajstić information content (AvgIpc) is 2.19. The highest BCUT2D eigenvalue weighted by atomic mass is 127. The van der Waals surface area contributed by atoms with Crippen molar-refractivity contribution in [2.45, 2.75) is 19.2 Å². The zero-order valence-electron chi connectivity index (χ0n) is 8.84. The number of aromatic nitrogens is 1. The van der Waals surface area contributed by atoms with E-state index in [0.29, 0.717) is 6.07 Å². The number of pyridine rings is 1. The van der Waals surface area contributed by atoms with Crippen LogP contribution in [0.3, 0.4) is 0 Å². The molecule has 0 aromatic carbocycles. The number of carboxylic acid groups (broad SMARTS) is 1. The van der Waals surface area contributed by atoms with E-state index in [-0.39, 0.29) is 9.26 Å². The van der Waals surface area contributed by atoms with Crippen LogP contribution in [0.1, 0.15) is 17.7 Å². The number of ether oxygens (including phenoxy) is 1. The zero-order valence-corrected chi connectivity index (χ0v) is 11.0. The Bertz CT molecular complexity index is 491. The van der Waals surface area contributed by atoms with Crippen LogP contribution >= 0.6 is 22.6 Å². The van der Waals surface area contributed by atoms with Crippen molar-refractivity contribution in [1.29, 1.82) is 0 Å². The molecule has 1 aromatic heterocycles. The monoisotopic (exact) mass is 397 g/mol. The standard InChI is InChI=1S/C9H5F5INO3/c10-7(11)6-4(19-9(12,13)14)1-3(2-5(17)18)8(15)16-6/h1,7H,2H2,(H,17,18). The van der Waals surface area contributed by atoms with Crippen LogP contribution in [-0.2, 0) is 11.2 Å². The van der Waals surface area contributed by atoms with Crippen LogP contribution in [0.25, 0.3) is 0 Å². The Morgan fingerprint density at radius 2 is 2.05 bits per heavy atom. The Labute approximate surface area is 116 Å². The molecule has 1 N–H and O–H groups in total. The molecule has 0 unspecified atom stereocenters. The molecule has 0 fully saturated rings. The Morgan fingerprint density at radius 1 is 1.47 bits per heavy atom. The summed E-state index contributed by atoms with van der Waals surface area (Å²) in [6, 6.07) is 0.609. The van der Waals surface area contributed by atoms with Gasteiger partial charge >= 0.3 is 12.3 Å². The van der Waals surface area contributed by atoms with Crippen molar-refractivity contribution in [3.63, 3.8) is 0 Å². The number of halogens is 6. The number of alkyl halides is 5. The molecule has 0 atom stereocenters. The average molecular weight is 397 g/mol. The lowest BCUT2D eigenvalue weighted by atomic mass is 10.2. The first-order chi connectivity index (χ1) is 8.60. The molecule has 0 aliphatic carbocycles. The van der Waals surface area contributed by atoms with Crippen LogP contribution in [0.5, 0.6) is 5.75 Å². The van der Waals surface area contributed by atoms with Gasteiger partial charge in [0.25, 0.3) is 6.43 Å². The third-order valence-electron chi connectivity index (χ3n) is 1.82. The lowest BCUT2D eigenvalue weighted by molar-refractivity contribution is -0.275. The largest absolute Gasteiger partial charge is 0.573 e. The predicted molar refractivity (Wildman–Crippen MR) is 59.9 cm³/mol. The van der Waals surface area contributed by atoms with Crippen molar-refractivity contribution in [1.82, 2.24) is 4.98 Å². The molecule has 10 heteroatoms. The minimum absolute atomic E-state index is 0.121. The molecule has 0 amide bonds. The van der Waals surface area contributed by atoms with Crippen LogP contribution in [-0.4, -0.2) is 22.4 Å². The van der Waals surface area contributed by atoms with Gasteiger partial charge in [0, 0.05) is 0 Å². The van der Waals surface area contributed by atoms with Crippen molar-refractivity contribution in [2.24, 2.45) is 0 Å². The molecule has 1 heterocycles. The highest BCUT2D eigenvalue weighted by Crippen LogP contribution is 2.33. The molecule has 19 heavy (non-hydrogen) atoms. The van der Waals surface area contributed by atoms with Gasteiger partial charge < -0.3 is 9.84 Å². The van der Waals surface area contributed by atoms with Gasteiger partial charge in [-0.1, -0.05) is 0 Å². The van der Waals surface area contributed by atoms with E-state index in [1.54, 1.807) is 0 Å². The zero-order chi connectivity index (χ0) is 14.8. The topological polar surface area (TPSA) is 59.4 Å². The Balaban J connectivity index is 3.27. The molecule has 0 radical (unpaired) electrons. The van der Waals surface area contributed by atoms with Gasteiger partial charge in [-0.25, -0.2) is 13.8 Å². The summed E-state index contributed by atoms with van der Waals surface area (Å²) in [5, 5.41) is 8.55. The maximum atomic E-state index is 12.5. The fourth-order valence-electron chi connectivity index (χ4n) is 1.17. The molecule has 0 bridgehead atoms. The van der Waals surface area contributed by atoms with Crippen LogP contribution in [0.2, 0.25) is 0 Å². The van der Waals surface area contributed by atoms with E-state index < -0.39 is 36.6 Å². The molecule has 106 valence electrons. The van der Waals surface area contributed by atoms with Crippen molar-refractivity contribution in [3.05, 3.63) is 21.0 Å². The third kappa shape index (κ3) is 4.76. The Hall–Kier alpha value is -1.20. The molecular formula is C9H5F5INO3. The third-order valence-corrected chi connectivity index (χ3v) is 2.75. The molecule has 0 aliphatic heterocycles. The van der Waals surface area contributed by atoms with Gasteiger partial charge in [-0.05, 0) is 34.2 Å². The fraction of sp³-hybridized carbons (Fsp3) is 0.333. The second-order valence-corrected chi connectivity index (χ2v) is 4.26. The van der Waals surface area contributed by atoms with Gasteiger partial charge in [0.15, 0.2) is 5.75 Å². The SMILES string of the molecule is O=C(O)Cc1cc(OC(F)(F)F)c(C(F)F)nc1I. The summed E-state index contributed by atoms with van der Waals surface area (Å²) in [4.78, 5) is 13.8. The number of nitrogens with zero attached hydrogens (tertiary/aromatic N) is 1. The molecule has 1 aromatic rings. The number of hydrogen-bond donors (Lipinski definition) is 1. The lowest BCUT2D eigenvalue weighted by Crippen LogP contribution is -2.19. The number of rotatable bonds is 4. The number of hydrogen-bond acceptors (Lipinski definition) is 3. The van der Waals surface area contributed by atoms with Gasteiger partial charge in [0.05, 0.1) is 6.42 Å². The maximum absolute atomic E-state index is 12.5. The van der Waals surface area contributed by atoms with Crippen molar-refractivity contribution in [3.8, 4) is 5.75 Å². The number of carboxylic acids is 1. The Kier molecular flexibility index (Phi) is 4.87. The maximum Gasteiger partial charge on any atom is 0.573 e. The first-order valence-corrected chi connectivity index (χ1v) is 5.63. The van der Waals surface area contributed by atoms with Crippen molar-refractivity contribution in [2.75, 3.05) is 0 Å². The smallest absolute Gasteiger partial charge is 0.481 e. The predicted octanol–water partition coefficient (Wildman–Crippen LogP) is 3.15. The van der Waals surface area contributed by atoms with E-state index in [4.69, 9.17) is 5.11 Å².